The third-order valence-corrected chi connectivity index (χ3v) is 3.96. The molecule has 0 atom stereocenters. The van der Waals surface area contributed by atoms with Crippen LogP contribution in [0.2, 0.25) is 0 Å². The van der Waals surface area contributed by atoms with Gasteiger partial charge in [-0.25, -0.2) is 4.68 Å². The lowest BCUT2D eigenvalue weighted by Crippen LogP contribution is -2.09. The van der Waals surface area contributed by atoms with Crippen molar-refractivity contribution in [2.45, 2.75) is 6.92 Å². The third-order valence-electron chi connectivity index (χ3n) is 3.96. The van der Waals surface area contributed by atoms with E-state index in [1.807, 2.05) is 40.3 Å². The van der Waals surface area contributed by atoms with Crippen molar-refractivity contribution in [3.63, 3.8) is 0 Å². The molecule has 0 saturated carbocycles. The predicted molar refractivity (Wildman–Crippen MR) is 109 cm³/mol. The molecular weight excluding hydrogens is 356 g/mol. The number of ether oxygens (including phenoxy) is 1. The Balaban J connectivity index is 2.57. The largest absolute Gasteiger partial charge is 0.497 e. The van der Waals surface area contributed by atoms with Gasteiger partial charge in [0.1, 0.15) is 11.4 Å². The van der Waals surface area contributed by atoms with Crippen LogP contribution in [0, 0.1) is 6.92 Å². The van der Waals surface area contributed by atoms with Crippen molar-refractivity contribution in [1.82, 2.24) is 19.6 Å². The molecule has 0 aliphatic carbocycles. The minimum atomic E-state index is -0.328. The van der Waals surface area contributed by atoms with Gasteiger partial charge in [-0.2, -0.15) is 5.10 Å². The second-order valence-electron chi connectivity index (χ2n) is 6.71. The fourth-order valence-electron chi connectivity index (χ4n) is 2.54. The molecular formula is C21H26N4O3. The van der Waals surface area contributed by atoms with Gasteiger partial charge in [-0.15, -0.1) is 0 Å². The Bertz CT molecular complexity index is 906. The molecule has 0 amide bonds. The summed E-state index contributed by atoms with van der Waals surface area (Å²) in [5, 5.41) is 4.45. The average molecular weight is 382 g/mol. The first-order valence-electron chi connectivity index (χ1n) is 8.76. The average Bonchev–Trinajstić information content (AvgIpc) is 3.01. The molecule has 2 rings (SSSR count). The molecule has 7 heteroatoms. The maximum Gasteiger partial charge on any atom is 0.208 e. The molecule has 0 bridgehead atoms. The minimum Gasteiger partial charge on any atom is -0.497 e. The van der Waals surface area contributed by atoms with Crippen LogP contribution in [0.25, 0.3) is 5.69 Å². The number of rotatable bonds is 8. The fraction of sp³-hybridized carbons (Fsp3) is 0.286. The van der Waals surface area contributed by atoms with E-state index >= 15 is 0 Å². The summed E-state index contributed by atoms with van der Waals surface area (Å²) >= 11 is 0. The summed E-state index contributed by atoms with van der Waals surface area (Å²) in [5.74, 6) is 0.113. The summed E-state index contributed by atoms with van der Waals surface area (Å²) < 4.78 is 6.79. The number of nitrogens with zero attached hydrogens (tertiary/aromatic N) is 4. The molecule has 0 aliphatic heterocycles. The third kappa shape index (κ3) is 4.88. The van der Waals surface area contributed by atoms with Crippen molar-refractivity contribution in [1.29, 1.82) is 0 Å². The summed E-state index contributed by atoms with van der Waals surface area (Å²) in [6.07, 6.45) is 6.13. The topological polar surface area (TPSA) is 67.7 Å². The molecule has 0 aliphatic rings. The number of allylic oxidation sites excluding steroid dienone is 2. The highest BCUT2D eigenvalue weighted by atomic mass is 16.5. The van der Waals surface area contributed by atoms with E-state index in [1.165, 1.54) is 12.2 Å². The van der Waals surface area contributed by atoms with Crippen LogP contribution in [-0.2, 0) is 0 Å². The SMILES string of the molecule is COc1ccc(-n2nc(C(=O)/C=C/N(C)C)c(C(=O)/C=C/N(C)C)c2C)cc1. The first-order chi connectivity index (χ1) is 13.2. The molecule has 7 nitrogen and oxygen atoms in total. The number of aromatic nitrogens is 2. The van der Waals surface area contributed by atoms with Gasteiger partial charge in [0.05, 0.1) is 24.1 Å². The molecule has 2 aromatic rings. The highest BCUT2D eigenvalue weighted by Gasteiger charge is 2.24. The van der Waals surface area contributed by atoms with E-state index in [4.69, 9.17) is 4.74 Å². The van der Waals surface area contributed by atoms with Crippen LogP contribution in [0.5, 0.6) is 5.75 Å². The van der Waals surface area contributed by atoms with E-state index in [-0.39, 0.29) is 17.3 Å². The Morgan fingerprint density at radius 2 is 1.50 bits per heavy atom. The molecule has 1 aromatic heterocycles. The second kappa shape index (κ2) is 9.03. The first kappa shape index (κ1) is 21.0. The molecule has 0 unspecified atom stereocenters. The monoisotopic (exact) mass is 382 g/mol. The van der Waals surface area contributed by atoms with Crippen molar-refractivity contribution in [3.05, 3.63) is 65.8 Å². The zero-order valence-electron chi connectivity index (χ0n) is 17.1. The van der Waals surface area contributed by atoms with E-state index in [9.17, 15) is 9.59 Å². The van der Waals surface area contributed by atoms with Gasteiger partial charge in [0.2, 0.25) is 5.78 Å². The van der Waals surface area contributed by atoms with E-state index < -0.39 is 0 Å². The summed E-state index contributed by atoms with van der Waals surface area (Å²) in [5.41, 5.74) is 1.75. The number of methoxy groups -OCH3 is 1. The van der Waals surface area contributed by atoms with E-state index in [0.717, 1.165) is 5.69 Å². The van der Waals surface area contributed by atoms with Crippen LogP contribution < -0.4 is 4.74 Å². The number of carbonyl (C=O) groups is 2. The van der Waals surface area contributed by atoms with Gasteiger partial charge in [-0.05, 0) is 31.2 Å². The number of hydrogen-bond donors (Lipinski definition) is 0. The van der Waals surface area contributed by atoms with Gasteiger partial charge in [0.25, 0.3) is 0 Å². The molecule has 0 fully saturated rings. The van der Waals surface area contributed by atoms with Gasteiger partial charge in [-0.3, -0.25) is 9.59 Å². The van der Waals surface area contributed by atoms with Gasteiger partial charge < -0.3 is 14.5 Å². The molecule has 1 heterocycles. The van der Waals surface area contributed by atoms with Crippen LogP contribution in [-0.4, -0.2) is 66.4 Å². The van der Waals surface area contributed by atoms with Crippen LogP contribution in [0.4, 0.5) is 0 Å². The lowest BCUT2D eigenvalue weighted by Gasteiger charge is -2.06. The zero-order valence-corrected chi connectivity index (χ0v) is 17.1. The van der Waals surface area contributed by atoms with Crippen LogP contribution in [0.1, 0.15) is 26.5 Å². The van der Waals surface area contributed by atoms with Crippen molar-refractivity contribution in [2.24, 2.45) is 0 Å². The zero-order chi connectivity index (χ0) is 20.8. The summed E-state index contributed by atoms with van der Waals surface area (Å²) in [6.45, 7) is 1.78. The Kier molecular flexibility index (Phi) is 6.76. The quantitative estimate of drug-likeness (QED) is 0.517. The Morgan fingerprint density at radius 1 is 0.964 bits per heavy atom. The van der Waals surface area contributed by atoms with Crippen LogP contribution >= 0.6 is 0 Å². The molecule has 1 aromatic carbocycles. The Hall–Kier alpha value is -3.35. The maximum absolute atomic E-state index is 12.8. The van der Waals surface area contributed by atoms with Crippen molar-refractivity contribution in [3.8, 4) is 11.4 Å². The molecule has 28 heavy (non-hydrogen) atoms. The molecule has 0 radical (unpaired) electrons. The van der Waals surface area contributed by atoms with Crippen molar-refractivity contribution in [2.75, 3.05) is 35.3 Å². The lowest BCUT2D eigenvalue weighted by molar-refractivity contribution is 0.101. The predicted octanol–water partition coefficient (Wildman–Crippen LogP) is 2.71. The fourth-order valence-corrected chi connectivity index (χ4v) is 2.54. The van der Waals surface area contributed by atoms with Gasteiger partial charge in [0.15, 0.2) is 5.78 Å². The molecule has 0 saturated heterocycles. The maximum atomic E-state index is 12.8. The van der Waals surface area contributed by atoms with E-state index in [0.29, 0.717) is 17.0 Å². The van der Waals surface area contributed by atoms with Gasteiger partial charge >= 0.3 is 0 Å². The van der Waals surface area contributed by atoms with Gasteiger partial charge in [0, 0.05) is 52.7 Å². The molecule has 148 valence electrons. The normalized spacial score (nSPS) is 11.2. The highest BCUT2D eigenvalue weighted by molar-refractivity contribution is 6.15. The summed E-state index contributed by atoms with van der Waals surface area (Å²) in [4.78, 5) is 29.0. The number of carbonyl (C=O) groups excluding carboxylic acids is 2. The van der Waals surface area contributed by atoms with E-state index in [2.05, 4.69) is 5.10 Å². The van der Waals surface area contributed by atoms with Crippen molar-refractivity contribution >= 4 is 11.6 Å². The Labute approximate surface area is 165 Å². The lowest BCUT2D eigenvalue weighted by atomic mass is 10.1. The first-order valence-corrected chi connectivity index (χ1v) is 8.76. The Morgan fingerprint density at radius 3 is 2.00 bits per heavy atom. The van der Waals surface area contributed by atoms with Crippen molar-refractivity contribution < 1.29 is 14.3 Å². The van der Waals surface area contributed by atoms with Gasteiger partial charge in [-0.1, -0.05) is 0 Å². The second-order valence-corrected chi connectivity index (χ2v) is 6.71. The van der Waals surface area contributed by atoms with Crippen LogP contribution in [0.15, 0.2) is 48.8 Å². The summed E-state index contributed by atoms with van der Waals surface area (Å²) in [7, 11) is 8.87. The smallest absolute Gasteiger partial charge is 0.208 e. The highest BCUT2D eigenvalue weighted by Crippen LogP contribution is 2.22. The minimum absolute atomic E-state index is 0.125. The standard InChI is InChI=1S/C21H26N4O3/c1-15-20(18(26)11-13-23(2)3)21(19(27)12-14-24(4)5)22-25(15)16-7-9-17(28-6)10-8-16/h7-14H,1-6H3/b13-11+,14-12+. The van der Waals surface area contributed by atoms with Crippen LogP contribution in [0.3, 0.4) is 0 Å². The molecule has 0 N–H and O–H groups in total. The number of ketones is 2. The number of benzene rings is 1. The number of hydrogen-bond acceptors (Lipinski definition) is 6. The van der Waals surface area contributed by atoms with E-state index in [1.54, 1.807) is 53.0 Å². The molecule has 0 spiro atoms. The summed E-state index contributed by atoms with van der Waals surface area (Å²) in [6, 6.07) is 7.26.